The molecule has 94 valence electrons. The molecule has 0 saturated carbocycles. The lowest BCUT2D eigenvalue weighted by Gasteiger charge is -2.01. The van der Waals surface area contributed by atoms with Crippen LogP contribution >= 0.6 is 0 Å². The number of unbranched alkanes of at least 4 members (excludes halogenated alkanes) is 2. The van der Waals surface area contributed by atoms with E-state index in [0.717, 1.165) is 44.3 Å². The van der Waals surface area contributed by atoms with Crippen LogP contribution in [0.3, 0.4) is 0 Å². The number of rotatable bonds is 9. The van der Waals surface area contributed by atoms with Crippen molar-refractivity contribution in [3.05, 3.63) is 30.1 Å². The molecule has 0 amide bonds. The monoisotopic (exact) mass is 234 g/mol. The Bertz CT molecular complexity index is 311. The third-order valence-electron chi connectivity index (χ3n) is 2.77. The van der Waals surface area contributed by atoms with E-state index in [1.54, 1.807) is 6.20 Å². The van der Waals surface area contributed by atoms with Crippen LogP contribution in [0, 0.1) is 0 Å². The van der Waals surface area contributed by atoms with Crippen LogP contribution in [0.1, 0.15) is 44.2 Å². The Hall–Kier alpha value is -1.22. The van der Waals surface area contributed by atoms with Gasteiger partial charge in [0.25, 0.3) is 0 Å². The second-order valence-corrected chi connectivity index (χ2v) is 4.31. The second kappa shape index (κ2) is 8.88. The minimum atomic E-state index is 0.373. The van der Waals surface area contributed by atoms with Crippen LogP contribution in [0.4, 0.5) is 0 Å². The van der Waals surface area contributed by atoms with Gasteiger partial charge in [-0.05, 0) is 44.4 Å². The summed E-state index contributed by atoms with van der Waals surface area (Å²) in [5.41, 5.74) is 6.47. The lowest BCUT2D eigenvalue weighted by atomic mass is 10.1. The Kier molecular flexibility index (Phi) is 7.23. The van der Waals surface area contributed by atoms with Crippen molar-refractivity contribution in [2.75, 3.05) is 6.54 Å². The fraction of sp³-hybridized carbons (Fsp3) is 0.571. The topological polar surface area (TPSA) is 56.0 Å². The second-order valence-electron chi connectivity index (χ2n) is 4.31. The zero-order valence-corrected chi connectivity index (χ0v) is 10.4. The number of Topliss-reactive ketones (excluding diaryl/α,β-unsaturated/α-hetero) is 1. The highest BCUT2D eigenvalue weighted by molar-refractivity contribution is 5.78. The lowest BCUT2D eigenvalue weighted by Crippen LogP contribution is -2.01. The van der Waals surface area contributed by atoms with Gasteiger partial charge >= 0.3 is 0 Å². The minimum absolute atomic E-state index is 0.373. The van der Waals surface area contributed by atoms with E-state index in [0.29, 0.717) is 18.6 Å². The number of carbonyl (C=O) groups is 1. The van der Waals surface area contributed by atoms with Crippen LogP contribution in [0.15, 0.2) is 24.4 Å². The molecule has 1 heterocycles. The highest BCUT2D eigenvalue weighted by atomic mass is 16.1. The van der Waals surface area contributed by atoms with Gasteiger partial charge in [-0.2, -0.15) is 0 Å². The van der Waals surface area contributed by atoms with Gasteiger partial charge in [0, 0.05) is 24.7 Å². The molecule has 17 heavy (non-hydrogen) atoms. The van der Waals surface area contributed by atoms with Crippen LogP contribution in [-0.4, -0.2) is 17.3 Å². The molecule has 0 aliphatic carbocycles. The standard InChI is InChI=1S/C14H22N2O/c15-11-4-1-2-9-14(17)10-6-8-13-7-3-5-12-16-13/h3,5,7,12H,1-2,4,6,8-11,15H2. The van der Waals surface area contributed by atoms with E-state index in [9.17, 15) is 4.79 Å². The molecular weight excluding hydrogens is 212 g/mol. The van der Waals surface area contributed by atoms with Gasteiger partial charge < -0.3 is 5.73 Å². The molecule has 2 N–H and O–H groups in total. The molecule has 1 aromatic rings. The number of hydrogen-bond acceptors (Lipinski definition) is 3. The molecule has 0 aliphatic heterocycles. The molecule has 0 fully saturated rings. The van der Waals surface area contributed by atoms with Crippen LogP contribution in [0.25, 0.3) is 0 Å². The van der Waals surface area contributed by atoms with Gasteiger partial charge in [0.15, 0.2) is 0 Å². The summed E-state index contributed by atoms with van der Waals surface area (Å²) in [7, 11) is 0. The number of hydrogen-bond donors (Lipinski definition) is 1. The van der Waals surface area contributed by atoms with Crippen molar-refractivity contribution in [2.45, 2.75) is 44.9 Å². The first-order valence-corrected chi connectivity index (χ1v) is 6.44. The zero-order valence-electron chi connectivity index (χ0n) is 10.4. The van der Waals surface area contributed by atoms with Gasteiger partial charge in [0.2, 0.25) is 0 Å². The summed E-state index contributed by atoms with van der Waals surface area (Å²) in [5.74, 6) is 0.373. The summed E-state index contributed by atoms with van der Waals surface area (Å²) in [5, 5.41) is 0. The van der Waals surface area contributed by atoms with E-state index >= 15 is 0 Å². The number of aromatic nitrogens is 1. The molecule has 0 aromatic carbocycles. The average Bonchev–Trinajstić information content (AvgIpc) is 2.36. The quantitative estimate of drug-likeness (QED) is 0.668. The molecule has 0 atom stereocenters. The maximum atomic E-state index is 11.5. The number of aryl methyl sites for hydroxylation is 1. The van der Waals surface area contributed by atoms with E-state index in [1.165, 1.54) is 0 Å². The normalized spacial score (nSPS) is 10.4. The summed E-state index contributed by atoms with van der Waals surface area (Å²) in [6, 6.07) is 5.90. The highest BCUT2D eigenvalue weighted by Crippen LogP contribution is 2.06. The molecule has 1 rings (SSSR count). The van der Waals surface area contributed by atoms with Crippen LogP contribution in [0.5, 0.6) is 0 Å². The Labute approximate surface area is 103 Å². The fourth-order valence-electron chi connectivity index (χ4n) is 1.78. The van der Waals surface area contributed by atoms with Crippen molar-refractivity contribution in [3.63, 3.8) is 0 Å². The van der Waals surface area contributed by atoms with Gasteiger partial charge in [0.1, 0.15) is 5.78 Å². The number of ketones is 1. The molecule has 0 radical (unpaired) electrons. The molecule has 0 spiro atoms. The number of carbonyl (C=O) groups excluding carboxylic acids is 1. The van der Waals surface area contributed by atoms with E-state index in [4.69, 9.17) is 5.73 Å². The first-order valence-electron chi connectivity index (χ1n) is 6.44. The Morgan fingerprint density at radius 2 is 1.94 bits per heavy atom. The van der Waals surface area contributed by atoms with Gasteiger partial charge in [-0.25, -0.2) is 0 Å². The first kappa shape index (κ1) is 13.8. The molecular formula is C14H22N2O. The third-order valence-corrected chi connectivity index (χ3v) is 2.77. The largest absolute Gasteiger partial charge is 0.330 e. The van der Waals surface area contributed by atoms with Crippen molar-refractivity contribution in [2.24, 2.45) is 5.73 Å². The Morgan fingerprint density at radius 1 is 1.12 bits per heavy atom. The average molecular weight is 234 g/mol. The van der Waals surface area contributed by atoms with Gasteiger partial charge in [-0.3, -0.25) is 9.78 Å². The Balaban J connectivity index is 2.04. The van der Waals surface area contributed by atoms with Crippen molar-refractivity contribution >= 4 is 5.78 Å². The molecule has 0 bridgehead atoms. The lowest BCUT2D eigenvalue weighted by molar-refractivity contribution is -0.119. The first-order chi connectivity index (χ1) is 8.33. The number of nitrogens with two attached hydrogens (primary N) is 1. The molecule has 3 nitrogen and oxygen atoms in total. The van der Waals surface area contributed by atoms with Gasteiger partial charge in [-0.1, -0.05) is 12.5 Å². The van der Waals surface area contributed by atoms with E-state index < -0.39 is 0 Å². The predicted octanol–water partition coefficient (Wildman–Crippen LogP) is 2.49. The van der Waals surface area contributed by atoms with Crippen molar-refractivity contribution < 1.29 is 4.79 Å². The summed E-state index contributed by atoms with van der Waals surface area (Å²) in [6.45, 7) is 0.730. The zero-order chi connectivity index (χ0) is 12.3. The van der Waals surface area contributed by atoms with Crippen LogP contribution in [-0.2, 0) is 11.2 Å². The van der Waals surface area contributed by atoms with E-state index in [2.05, 4.69) is 4.98 Å². The SMILES string of the molecule is NCCCCCC(=O)CCCc1ccccn1. The summed E-state index contributed by atoms with van der Waals surface area (Å²) in [4.78, 5) is 15.8. The molecule has 0 saturated heterocycles. The smallest absolute Gasteiger partial charge is 0.132 e. The summed E-state index contributed by atoms with van der Waals surface area (Å²) in [6.07, 6.45) is 8.08. The summed E-state index contributed by atoms with van der Waals surface area (Å²) >= 11 is 0. The molecule has 3 heteroatoms. The van der Waals surface area contributed by atoms with E-state index in [1.807, 2.05) is 18.2 Å². The Morgan fingerprint density at radius 3 is 2.65 bits per heavy atom. The van der Waals surface area contributed by atoms with Crippen LogP contribution < -0.4 is 5.73 Å². The van der Waals surface area contributed by atoms with Crippen LogP contribution in [0.2, 0.25) is 0 Å². The van der Waals surface area contributed by atoms with Crippen molar-refractivity contribution in [1.82, 2.24) is 4.98 Å². The van der Waals surface area contributed by atoms with Gasteiger partial charge in [0.05, 0.1) is 0 Å². The van der Waals surface area contributed by atoms with E-state index in [-0.39, 0.29) is 0 Å². The van der Waals surface area contributed by atoms with Crippen molar-refractivity contribution in [3.8, 4) is 0 Å². The van der Waals surface area contributed by atoms with Gasteiger partial charge in [-0.15, -0.1) is 0 Å². The predicted molar refractivity (Wildman–Crippen MR) is 69.7 cm³/mol. The number of pyridine rings is 1. The van der Waals surface area contributed by atoms with Crippen molar-refractivity contribution in [1.29, 1.82) is 0 Å². The minimum Gasteiger partial charge on any atom is -0.330 e. The molecule has 0 unspecified atom stereocenters. The third kappa shape index (κ3) is 6.84. The maximum Gasteiger partial charge on any atom is 0.132 e. The maximum absolute atomic E-state index is 11.5. The highest BCUT2D eigenvalue weighted by Gasteiger charge is 2.02. The number of nitrogens with zero attached hydrogens (tertiary/aromatic N) is 1. The fourth-order valence-corrected chi connectivity index (χ4v) is 1.78. The summed E-state index contributed by atoms with van der Waals surface area (Å²) < 4.78 is 0. The molecule has 0 aliphatic rings. The molecule has 1 aromatic heterocycles.